The van der Waals surface area contributed by atoms with Crippen molar-refractivity contribution >= 4 is 33.7 Å². The Bertz CT molecular complexity index is 956. The summed E-state index contributed by atoms with van der Waals surface area (Å²) in [6.07, 6.45) is 1.82. The zero-order valence-corrected chi connectivity index (χ0v) is 17.6. The average molecular weight is 456 g/mol. The van der Waals surface area contributed by atoms with Gasteiger partial charge in [-0.15, -0.1) is 0 Å². The number of hydrogen-bond donors (Lipinski definition) is 2. The third-order valence-electron chi connectivity index (χ3n) is 5.36. The summed E-state index contributed by atoms with van der Waals surface area (Å²) in [6, 6.07) is 14.2. The number of carbonyl (C=O) groups is 3. The molecule has 2 aromatic rings. The number of amides is 3. The van der Waals surface area contributed by atoms with Gasteiger partial charge in [0, 0.05) is 16.1 Å². The predicted molar refractivity (Wildman–Crippen MR) is 112 cm³/mol. The molecule has 1 saturated carbocycles. The highest BCUT2D eigenvalue weighted by Crippen LogP contribution is 2.41. The van der Waals surface area contributed by atoms with E-state index < -0.39 is 6.04 Å². The van der Waals surface area contributed by atoms with Crippen molar-refractivity contribution < 1.29 is 14.4 Å². The minimum Gasteiger partial charge on any atom is -0.348 e. The molecule has 1 heterocycles. The molecule has 0 bridgehead atoms. The Morgan fingerprint density at radius 1 is 1.14 bits per heavy atom. The van der Waals surface area contributed by atoms with Gasteiger partial charge in [-0.3, -0.25) is 14.4 Å². The van der Waals surface area contributed by atoms with E-state index in [1.165, 1.54) is 0 Å². The molecule has 2 aromatic carbocycles. The van der Waals surface area contributed by atoms with E-state index >= 15 is 0 Å². The molecule has 2 N–H and O–H groups in total. The van der Waals surface area contributed by atoms with E-state index in [4.69, 9.17) is 0 Å². The number of benzene rings is 2. The maximum absolute atomic E-state index is 12.9. The molecule has 0 radical (unpaired) electrons. The van der Waals surface area contributed by atoms with Crippen LogP contribution in [0.5, 0.6) is 0 Å². The third-order valence-corrected chi connectivity index (χ3v) is 5.89. The Labute approximate surface area is 177 Å². The summed E-state index contributed by atoms with van der Waals surface area (Å²) in [6.45, 7) is 1.76. The van der Waals surface area contributed by atoms with Crippen molar-refractivity contribution in [2.24, 2.45) is 0 Å². The van der Waals surface area contributed by atoms with Crippen molar-refractivity contribution in [1.29, 1.82) is 0 Å². The lowest BCUT2D eigenvalue weighted by atomic mass is 10.0. The van der Waals surface area contributed by atoms with Gasteiger partial charge in [-0.2, -0.15) is 0 Å². The van der Waals surface area contributed by atoms with Crippen molar-refractivity contribution in [3.05, 3.63) is 69.7 Å². The van der Waals surface area contributed by atoms with Crippen LogP contribution in [0.1, 0.15) is 53.3 Å². The van der Waals surface area contributed by atoms with Crippen LogP contribution in [0.15, 0.2) is 53.0 Å². The van der Waals surface area contributed by atoms with E-state index in [1.807, 2.05) is 43.3 Å². The van der Waals surface area contributed by atoms with E-state index in [9.17, 15) is 14.4 Å². The Kier molecular flexibility index (Phi) is 5.41. The second kappa shape index (κ2) is 7.99. The fourth-order valence-electron chi connectivity index (χ4n) is 3.72. The van der Waals surface area contributed by atoms with Crippen LogP contribution in [0.4, 0.5) is 0 Å². The summed E-state index contributed by atoms with van der Waals surface area (Å²) in [7, 11) is 0. The van der Waals surface area contributed by atoms with Gasteiger partial charge in [0.25, 0.3) is 5.91 Å². The summed E-state index contributed by atoms with van der Waals surface area (Å²) < 4.78 is 0.971. The van der Waals surface area contributed by atoms with Crippen molar-refractivity contribution in [2.75, 3.05) is 6.54 Å². The van der Waals surface area contributed by atoms with E-state index in [0.29, 0.717) is 11.1 Å². The highest BCUT2D eigenvalue weighted by Gasteiger charge is 2.47. The first-order chi connectivity index (χ1) is 14.0. The van der Waals surface area contributed by atoms with Crippen molar-refractivity contribution in [3.63, 3.8) is 0 Å². The number of rotatable bonds is 6. The highest BCUT2D eigenvalue weighted by atomic mass is 79.9. The van der Waals surface area contributed by atoms with Crippen LogP contribution < -0.4 is 10.6 Å². The standard InChI is InChI=1S/C22H22BrN3O3/c1-13(14-6-8-15(23)9-7-14)25-19(27)12-24-21(28)20-17-4-2-3-5-18(17)22(29)26(20)16-10-11-16/h2-9,13,16,20H,10-12H2,1H3,(H,24,28)(H,25,27). The van der Waals surface area contributed by atoms with Gasteiger partial charge in [0.2, 0.25) is 11.8 Å². The fraction of sp³-hybridized carbons (Fsp3) is 0.318. The second-order valence-electron chi connectivity index (χ2n) is 7.49. The van der Waals surface area contributed by atoms with Gasteiger partial charge in [-0.25, -0.2) is 0 Å². The predicted octanol–water partition coefficient (Wildman–Crippen LogP) is 3.10. The molecule has 29 heavy (non-hydrogen) atoms. The molecule has 2 atom stereocenters. The van der Waals surface area contributed by atoms with E-state index in [1.54, 1.807) is 17.0 Å². The molecule has 6 nitrogen and oxygen atoms in total. The lowest BCUT2D eigenvalue weighted by Crippen LogP contribution is -2.44. The Morgan fingerprint density at radius 2 is 1.83 bits per heavy atom. The van der Waals surface area contributed by atoms with Gasteiger partial charge >= 0.3 is 0 Å². The van der Waals surface area contributed by atoms with Gasteiger partial charge in [0.05, 0.1) is 12.6 Å². The SMILES string of the molecule is CC(NC(=O)CNC(=O)C1c2ccccc2C(=O)N1C1CC1)c1ccc(Br)cc1. The molecule has 0 aromatic heterocycles. The minimum absolute atomic E-state index is 0.100. The van der Waals surface area contributed by atoms with Gasteiger partial charge in [-0.1, -0.05) is 46.3 Å². The number of halogens is 1. The van der Waals surface area contributed by atoms with Crippen LogP contribution in [0.2, 0.25) is 0 Å². The van der Waals surface area contributed by atoms with Crippen molar-refractivity contribution in [3.8, 4) is 0 Å². The fourth-order valence-corrected chi connectivity index (χ4v) is 3.99. The smallest absolute Gasteiger partial charge is 0.255 e. The van der Waals surface area contributed by atoms with Crippen LogP contribution in [-0.2, 0) is 9.59 Å². The maximum atomic E-state index is 12.9. The molecule has 0 spiro atoms. The molecule has 2 unspecified atom stereocenters. The molecule has 3 amide bonds. The van der Waals surface area contributed by atoms with E-state index in [2.05, 4.69) is 26.6 Å². The molecule has 1 aliphatic heterocycles. The zero-order valence-electron chi connectivity index (χ0n) is 16.0. The average Bonchev–Trinajstić information content (AvgIpc) is 3.51. The normalized spacial score (nSPS) is 18.9. The summed E-state index contributed by atoms with van der Waals surface area (Å²) in [5, 5.41) is 5.60. The van der Waals surface area contributed by atoms with Gasteiger partial charge in [-0.05, 0) is 49.1 Å². The Hall–Kier alpha value is -2.67. The quantitative estimate of drug-likeness (QED) is 0.702. The third kappa shape index (κ3) is 4.05. The number of hydrogen-bond acceptors (Lipinski definition) is 3. The molecule has 150 valence electrons. The molecule has 1 aliphatic carbocycles. The Morgan fingerprint density at radius 3 is 2.52 bits per heavy atom. The van der Waals surface area contributed by atoms with Gasteiger partial charge in [0.15, 0.2) is 0 Å². The summed E-state index contributed by atoms with van der Waals surface area (Å²) >= 11 is 3.39. The molecule has 1 fully saturated rings. The monoisotopic (exact) mass is 455 g/mol. The number of nitrogens with zero attached hydrogens (tertiary/aromatic N) is 1. The molecular weight excluding hydrogens is 434 g/mol. The summed E-state index contributed by atoms with van der Waals surface area (Å²) in [5.41, 5.74) is 2.27. The summed E-state index contributed by atoms with van der Waals surface area (Å²) in [4.78, 5) is 39.6. The van der Waals surface area contributed by atoms with Crippen molar-refractivity contribution in [1.82, 2.24) is 15.5 Å². The van der Waals surface area contributed by atoms with Gasteiger partial charge < -0.3 is 15.5 Å². The largest absolute Gasteiger partial charge is 0.348 e. The lowest BCUT2D eigenvalue weighted by Gasteiger charge is -2.24. The van der Waals surface area contributed by atoms with Crippen LogP contribution in [0, 0.1) is 0 Å². The van der Waals surface area contributed by atoms with E-state index in [-0.39, 0.29) is 36.3 Å². The molecule has 0 saturated heterocycles. The number of nitrogens with one attached hydrogen (secondary N) is 2. The Balaban J connectivity index is 1.39. The first kappa shape index (κ1) is 19.6. The van der Waals surface area contributed by atoms with Crippen LogP contribution >= 0.6 is 15.9 Å². The number of carbonyl (C=O) groups excluding carboxylic acids is 3. The van der Waals surface area contributed by atoms with Crippen LogP contribution in [0.25, 0.3) is 0 Å². The minimum atomic E-state index is -0.664. The van der Waals surface area contributed by atoms with Gasteiger partial charge in [0.1, 0.15) is 6.04 Å². The van der Waals surface area contributed by atoms with Crippen LogP contribution in [-0.4, -0.2) is 35.2 Å². The summed E-state index contributed by atoms with van der Waals surface area (Å²) in [5.74, 6) is -0.692. The molecular formula is C22H22BrN3O3. The molecule has 4 rings (SSSR count). The van der Waals surface area contributed by atoms with Crippen LogP contribution in [0.3, 0.4) is 0 Å². The maximum Gasteiger partial charge on any atom is 0.255 e. The lowest BCUT2D eigenvalue weighted by molar-refractivity contribution is -0.129. The topological polar surface area (TPSA) is 78.5 Å². The zero-order chi connectivity index (χ0) is 20.5. The van der Waals surface area contributed by atoms with E-state index in [0.717, 1.165) is 22.9 Å². The molecule has 7 heteroatoms. The first-order valence-electron chi connectivity index (χ1n) is 9.70. The van der Waals surface area contributed by atoms with Crippen molar-refractivity contribution in [2.45, 2.75) is 37.9 Å². The highest BCUT2D eigenvalue weighted by molar-refractivity contribution is 9.10. The molecule has 2 aliphatic rings. The second-order valence-corrected chi connectivity index (χ2v) is 8.41. The number of fused-ring (bicyclic) bond motifs is 1. The first-order valence-corrected chi connectivity index (χ1v) is 10.5.